The third kappa shape index (κ3) is 5.19. The van der Waals surface area contributed by atoms with Crippen molar-refractivity contribution in [2.75, 3.05) is 37.8 Å². The van der Waals surface area contributed by atoms with Crippen LogP contribution in [-0.2, 0) is 31.4 Å². The van der Waals surface area contributed by atoms with Crippen LogP contribution in [0.25, 0.3) is 0 Å². The first-order valence-corrected chi connectivity index (χ1v) is 15.7. The maximum absolute atomic E-state index is 13.3. The van der Waals surface area contributed by atoms with Gasteiger partial charge in [-0.05, 0) is 85.4 Å². The molecule has 2 aromatic carbocycles. The number of nitrogens with one attached hydrogen (secondary N) is 1. The van der Waals surface area contributed by atoms with Crippen molar-refractivity contribution in [3.63, 3.8) is 0 Å². The molecule has 4 atom stereocenters. The van der Waals surface area contributed by atoms with E-state index < -0.39 is 21.8 Å². The molecule has 9 heteroatoms. The van der Waals surface area contributed by atoms with Crippen LogP contribution in [-0.4, -0.2) is 47.2 Å². The lowest BCUT2D eigenvalue weighted by atomic mass is 9.69. The van der Waals surface area contributed by atoms with Crippen molar-refractivity contribution >= 4 is 33.2 Å². The molecule has 1 fully saturated rings. The lowest BCUT2D eigenvalue weighted by Crippen LogP contribution is -2.48. The number of rotatable bonds is 0. The Hall–Kier alpha value is -2.55. The third-order valence-corrected chi connectivity index (χ3v) is 10.5. The third-order valence-electron chi connectivity index (χ3n) is 8.90. The number of hydrogen-bond acceptors (Lipinski definition) is 6. The number of sulfonamides is 1. The predicted molar refractivity (Wildman–Crippen MR) is 151 cm³/mol. The van der Waals surface area contributed by atoms with Crippen molar-refractivity contribution in [1.29, 1.82) is 0 Å². The molecule has 6 rings (SSSR count). The molecule has 0 saturated heterocycles. The first kappa shape index (κ1) is 26.7. The van der Waals surface area contributed by atoms with E-state index in [1.807, 2.05) is 12.1 Å². The molecular formula is C30H35ClN2O5S. The van der Waals surface area contributed by atoms with E-state index in [1.54, 1.807) is 19.1 Å². The second-order valence-electron chi connectivity index (χ2n) is 11.6. The monoisotopic (exact) mass is 570 g/mol. The van der Waals surface area contributed by atoms with Gasteiger partial charge in [0.25, 0.3) is 10.0 Å². The summed E-state index contributed by atoms with van der Waals surface area (Å²) in [5.41, 5.74) is 3.07. The summed E-state index contributed by atoms with van der Waals surface area (Å²) >= 11 is 6.37. The number of carbonyl (C=O) groups excluding carboxylic acids is 1. The summed E-state index contributed by atoms with van der Waals surface area (Å²) < 4.78 is 41.0. The fourth-order valence-corrected chi connectivity index (χ4v) is 7.82. The Bertz CT molecular complexity index is 1410. The fraction of sp³-hybridized carbons (Fsp3) is 0.500. The molecule has 0 aromatic heterocycles. The van der Waals surface area contributed by atoms with Gasteiger partial charge in [0, 0.05) is 23.5 Å². The van der Waals surface area contributed by atoms with E-state index in [2.05, 4.69) is 27.8 Å². The Balaban J connectivity index is 1.43. The molecule has 2 aliphatic carbocycles. The topological polar surface area (TPSA) is 84.9 Å². The zero-order chi connectivity index (χ0) is 27.2. The second-order valence-corrected chi connectivity index (χ2v) is 13.7. The average molecular weight is 571 g/mol. The van der Waals surface area contributed by atoms with Gasteiger partial charge >= 0.3 is 0 Å². The van der Waals surface area contributed by atoms with Crippen LogP contribution in [0.15, 0.2) is 53.4 Å². The molecule has 208 valence electrons. The minimum absolute atomic E-state index is 0.0558. The molecule has 4 aliphatic rings. The van der Waals surface area contributed by atoms with Crippen LogP contribution < -0.4 is 14.4 Å². The number of halogens is 1. The molecule has 2 aromatic rings. The van der Waals surface area contributed by atoms with Crippen molar-refractivity contribution in [3.8, 4) is 5.75 Å². The van der Waals surface area contributed by atoms with Crippen LogP contribution in [0.2, 0.25) is 5.02 Å². The van der Waals surface area contributed by atoms with Gasteiger partial charge in [0.2, 0.25) is 5.91 Å². The van der Waals surface area contributed by atoms with Crippen molar-refractivity contribution in [2.45, 2.75) is 49.3 Å². The molecule has 7 nitrogen and oxygen atoms in total. The number of carbonyl (C=O) groups is 1. The summed E-state index contributed by atoms with van der Waals surface area (Å²) in [6, 6.07) is 11.1. The van der Waals surface area contributed by atoms with Crippen molar-refractivity contribution < 1.29 is 22.7 Å². The van der Waals surface area contributed by atoms with Gasteiger partial charge < -0.3 is 14.4 Å². The van der Waals surface area contributed by atoms with E-state index >= 15 is 0 Å². The highest BCUT2D eigenvalue weighted by molar-refractivity contribution is 7.90. The van der Waals surface area contributed by atoms with Crippen molar-refractivity contribution in [3.05, 3.63) is 64.7 Å². The summed E-state index contributed by atoms with van der Waals surface area (Å²) in [4.78, 5) is 15.1. The predicted octanol–water partition coefficient (Wildman–Crippen LogP) is 4.87. The number of fused-ring (bicyclic) bond motifs is 4. The lowest BCUT2D eigenvalue weighted by Gasteiger charge is -2.44. The van der Waals surface area contributed by atoms with Crippen molar-refractivity contribution in [1.82, 2.24) is 4.72 Å². The maximum atomic E-state index is 13.3. The Morgan fingerprint density at radius 1 is 1.15 bits per heavy atom. The number of amides is 1. The van der Waals surface area contributed by atoms with Crippen LogP contribution in [0.1, 0.15) is 43.7 Å². The van der Waals surface area contributed by atoms with E-state index in [9.17, 15) is 13.2 Å². The highest BCUT2D eigenvalue weighted by atomic mass is 35.5. The Labute approximate surface area is 235 Å². The number of anilines is 1. The van der Waals surface area contributed by atoms with Crippen LogP contribution >= 0.6 is 11.6 Å². The first-order chi connectivity index (χ1) is 18.7. The summed E-state index contributed by atoms with van der Waals surface area (Å²) in [5.74, 6) is 0.384. The van der Waals surface area contributed by atoms with Gasteiger partial charge in [0.1, 0.15) is 5.75 Å². The van der Waals surface area contributed by atoms with Crippen LogP contribution in [0, 0.1) is 17.8 Å². The summed E-state index contributed by atoms with van der Waals surface area (Å²) in [5, 5.41) is 0.743. The summed E-state index contributed by atoms with van der Waals surface area (Å²) in [7, 11) is -4.07. The fourth-order valence-electron chi connectivity index (χ4n) is 6.53. The van der Waals surface area contributed by atoms with E-state index in [0.717, 1.165) is 55.9 Å². The zero-order valence-electron chi connectivity index (χ0n) is 22.2. The SMILES string of the molecule is C[C@@H]1COC/C=C/[C@@H]2CC[C@H]2CN2C[C@@]3(CCCc4cc(Cl)ccc43)COc3ccc(cc32)S(=O)(=O)NC1=O. The molecule has 0 unspecified atom stereocenters. The maximum Gasteiger partial charge on any atom is 0.264 e. The van der Waals surface area contributed by atoms with Crippen molar-refractivity contribution in [2.24, 2.45) is 17.8 Å². The van der Waals surface area contributed by atoms with E-state index in [-0.39, 0.29) is 16.9 Å². The largest absolute Gasteiger partial charge is 0.490 e. The number of nitrogens with zero attached hydrogens (tertiary/aromatic N) is 1. The molecule has 0 radical (unpaired) electrons. The number of allylic oxidation sites excluding steroid dienone is 1. The second kappa shape index (κ2) is 10.5. The van der Waals surface area contributed by atoms with Gasteiger partial charge in [-0.2, -0.15) is 0 Å². The Morgan fingerprint density at radius 3 is 2.85 bits per heavy atom. The number of aryl methyl sites for hydroxylation is 1. The Morgan fingerprint density at radius 2 is 2.03 bits per heavy atom. The molecule has 39 heavy (non-hydrogen) atoms. The van der Waals surface area contributed by atoms with Gasteiger partial charge in [0.05, 0.1) is 36.3 Å². The van der Waals surface area contributed by atoms with Crippen LogP contribution in [0.3, 0.4) is 0 Å². The molecular weight excluding hydrogens is 536 g/mol. The summed E-state index contributed by atoms with van der Waals surface area (Å²) in [6.07, 6.45) is 9.53. The highest BCUT2D eigenvalue weighted by Gasteiger charge is 2.43. The number of benzene rings is 2. The van der Waals surface area contributed by atoms with Crippen LogP contribution in [0.4, 0.5) is 5.69 Å². The Kier molecular flexibility index (Phi) is 7.14. The van der Waals surface area contributed by atoms with Gasteiger partial charge in [-0.25, -0.2) is 13.1 Å². The summed E-state index contributed by atoms with van der Waals surface area (Å²) in [6.45, 7) is 4.25. The molecule has 1 N–H and O–H groups in total. The normalized spacial score (nSPS) is 31.1. The number of hydrogen-bond donors (Lipinski definition) is 1. The molecule has 2 aliphatic heterocycles. The number of ether oxygens (including phenoxy) is 2. The molecule has 2 heterocycles. The van der Waals surface area contributed by atoms with E-state index in [0.29, 0.717) is 30.8 Å². The minimum atomic E-state index is -4.07. The standard InChI is InChI=1S/C30H35ClN2O5S/c1-20-17-37-13-3-5-21-6-7-23(21)16-33-18-30(12-2-4-22-14-24(31)8-10-26(22)30)19-38-28-11-9-25(15-27(28)33)39(35,36)32-29(20)34/h3,5,8-11,14-15,20-21,23H,2,4,6-7,12-13,16-19H2,1H3,(H,32,34)/b5-3+/t20-,21-,23+,30+/m1/s1. The van der Waals surface area contributed by atoms with Gasteiger partial charge in [-0.15, -0.1) is 0 Å². The minimum Gasteiger partial charge on any atom is -0.490 e. The average Bonchev–Trinajstić information content (AvgIpc) is 3.04. The molecule has 1 saturated carbocycles. The quantitative estimate of drug-likeness (QED) is 0.455. The van der Waals surface area contributed by atoms with Crippen LogP contribution in [0.5, 0.6) is 5.75 Å². The van der Waals surface area contributed by atoms with Gasteiger partial charge in [-0.3, -0.25) is 4.79 Å². The molecule has 2 bridgehead atoms. The van der Waals surface area contributed by atoms with Gasteiger partial charge in [0.15, 0.2) is 0 Å². The highest BCUT2D eigenvalue weighted by Crippen LogP contribution is 2.46. The molecule has 1 spiro atoms. The smallest absolute Gasteiger partial charge is 0.264 e. The zero-order valence-corrected chi connectivity index (χ0v) is 23.8. The van der Waals surface area contributed by atoms with Gasteiger partial charge in [-0.1, -0.05) is 36.7 Å². The van der Waals surface area contributed by atoms with E-state index in [4.69, 9.17) is 21.1 Å². The molecule has 1 amide bonds. The first-order valence-electron chi connectivity index (χ1n) is 13.9. The lowest BCUT2D eigenvalue weighted by molar-refractivity contribution is -0.124. The van der Waals surface area contributed by atoms with E-state index in [1.165, 1.54) is 17.2 Å².